The molecule has 20 heavy (non-hydrogen) atoms. The first kappa shape index (κ1) is 14.3. The lowest BCUT2D eigenvalue weighted by Crippen LogP contribution is -2.06. The van der Waals surface area contributed by atoms with Gasteiger partial charge in [0.25, 0.3) is 0 Å². The smallest absolute Gasteiger partial charge is 0.161 e. The molecule has 2 N–H and O–H groups in total. The molecule has 106 valence electrons. The van der Waals surface area contributed by atoms with Gasteiger partial charge in [0, 0.05) is 12.2 Å². The zero-order chi connectivity index (χ0) is 14.5. The molecule has 0 aliphatic carbocycles. The number of nitrogens with zero attached hydrogens (tertiary/aromatic N) is 1. The first-order valence-corrected chi connectivity index (χ1v) is 6.58. The van der Waals surface area contributed by atoms with Crippen molar-refractivity contribution in [2.75, 3.05) is 7.11 Å². The number of methoxy groups -OCH3 is 1. The molecule has 0 radical (unpaired) electrons. The van der Waals surface area contributed by atoms with Gasteiger partial charge in [-0.15, -0.1) is 0 Å². The Hall–Kier alpha value is -2.07. The van der Waals surface area contributed by atoms with Crippen LogP contribution >= 0.6 is 0 Å². The van der Waals surface area contributed by atoms with Gasteiger partial charge < -0.3 is 15.2 Å². The summed E-state index contributed by atoms with van der Waals surface area (Å²) in [5, 5.41) is 0. The minimum atomic E-state index is -0.0315. The van der Waals surface area contributed by atoms with Crippen LogP contribution in [0.2, 0.25) is 0 Å². The molecule has 2 rings (SSSR count). The highest BCUT2D eigenvalue weighted by molar-refractivity contribution is 5.43. The van der Waals surface area contributed by atoms with E-state index in [9.17, 15) is 0 Å². The summed E-state index contributed by atoms with van der Waals surface area (Å²) in [6.45, 7) is 4.37. The van der Waals surface area contributed by atoms with Gasteiger partial charge in [-0.3, -0.25) is 4.98 Å². The number of rotatable bonds is 5. The van der Waals surface area contributed by atoms with Gasteiger partial charge in [-0.05, 0) is 43.2 Å². The normalized spacial score (nSPS) is 12.0. The second-order valence-corrected chi connectivity index (χ2v) is 4.75. The molecule has 0 spiro atoms. The molecule has 1 atom stereocenters. The zero-order valence-corrected chi connectivity index (χ0v) is 12.1. The predicted octanol–water partition coefficient (Wildman–Crippen LogP) is 3.00. The topological polar surface area (TPSA) is 57.4 Å². The van der Waals surface area contributed by atoms with E-state index in [0.29, 0.717) is 18.1 Å². The average Bonchev–Trinajstić information content (AvgIpc) is 2.46. The van der Waals surface area contributed by atoms with Crippen LogP contribution in [0.3, 0.4) is 0 Å². The number of pyridine rings is 1. The van der Waals surface area contributed by atoms with E-state index in [1.807, 2.05) is 44.2 Å². The maximum Gasteiger partial charge on any atom is 0.161 e. The van der Waals surface area contributed by atoms with E-state index in [-0.39, 0.29) is 6.04 Å². The molecule has 0 aliphatic rings. The Morgan fingerprint density at radius 2 is 2.05 bits per heavy atom. The molecular formula is C16H20N2O2. The first-order valence-electron chi connectivity index (χ1n) is 6.58. The second-order valence-electron chi connectivity index (χ2n) is 4.75. The highest BCUT2D eigenvalue weighted by Gasteiger charge is 2.09. The lowest BCUT2D eigenvalue weighted by atomic mass is 10.1. The summed E-state index contributed by atoms with van der Waals surface area (Å²) in [5.74, 6) is 1.38. The van der Waals surface area contributed by atoms with Crippen molar-refractivity contribution in [1.29, 1.82) is 0 Å². The maximum absolute atomic E-state index is 5.87. The van der Waals surface area contributed by atoms with E-state index in [1.165, 1.54) is 0 Å². The largest absolute Gasteiger partial charge is 0.493 e. The maximum atomic E-state index is 5.87. The lowest BCUT2D eigenvalue weighted by Gasteiger charge is -2.14. The molecule has 0 fully saturated rings. The van der Waals surface area contributed by atoms with E-state index in [0.717, 1.165) is 16.8 Å². The van der Waals surface area contributed by atoms with E-state index in [1.54, 1.807) is 13.3 Å². The molecule has 0 saturated heterocycles. The van der Waals surface area contributed by atoms with Crippen molar-refractivity contribution in [1.82, 2.24) is 4.98 Å². The molecule has 0 amide bonds. The molecule has 4 heteroatoms. The molecule has 0 aliphatic heterocycles. The standard InChI is InChI=1S/C16H20N2O2/c1-11-5-4-8-18-14(11)10-20-15-7-6-13(12(2)17)9-16(15)19-3/h4-9,12H,10,17H2,1-3H3/t12-/m0/s1. The fourth-order valence-corrected chi connectivity index (χ4v) is 1.90. The van der Waals surface area contributed by atoms with Gasteiger partial charge in [0.15, 0.2) is 11.5 Å². The summed E-state index contributed by atoms with van der Waals surface area (Å²) in [5.41, 5.74) is 8.91. The molecular weight excluding hydrogens is 252 g/mol. The van der Waals surface area contributed by atoms with Gasteiger partial charge in [-0.1, -0.05) is 12.1 Å². The van der Waals surface area contributed by atoms with Gasteiger partial charge in [-0.25, -0.2) is 0 Å². The van der Waals surface area contributed by atoms with Crippen molar-refractivity contribution < 1.29 is 9.47 Å². The third-order valence-electron chi connectivity index (χ3n) is 3.20. The van der Waals surface area contributed by atoms with Gasteiger partial charge >= 0.3 is 0 Å². The average molecular weight is 272 g/mol. The molecule has 4 nitrogen and oxygen atoms in total. The minimum absolute atomic E-state index is 0.0315. The van der Waals surface area contributed by atoms with Crippen molar-refractivity contribution in [3.05, 3.63) is 53.3 Å². The first-order chi connectivity index (χ1) is 9.61. The summed E-state index contributed by atoms with van der Waals surface area (Å²) < 4.78 is 11.2. The van der Waals surface area contributed by atoms with Crippen molar-refractivity contribution in [3.63, 3.8) is 0 Å². The number of hydrogen-bond acceptors (Lipinski definition) is 4. The van der Waals surface area contributed by atoms with Gasteiger partial charge in [0.05, 0.1) is 12.8 Å². The van der Waals surface area contributed by atoms with Gasteiger partial charge in [0.2, 0.25) is 0 Å². The summed E-state index contributed by atoms with van der Waals surface area (Å²) >= 11 is 0. The Labute approximate surface area is 119 Å². The molecule has 1 aromatic carbocycles. The monoisotopic (exact) mass is 272 g/mol. The van der Waals surface area contributed by atoms with Gasteiger partial charge in [0.1, 0.15) is 6.61 Å². The minimum Gasteiger partial charge on any atom is -0.493 e. The predicted molar refractivity (Wildman–Crippen MR) is 78.9 cm³/mol. The van der Waals surface area contributed by atoms with Crippen LogP contribution in [0, 0.1) is 6.92 Å². The highest BCUT2D eigenvalue weighted by atomic mass is 16.5. The van der Waals surface area contributed by atoms with Gasteiger partial charge in [-0.2, -0.15) is 0 Å². The van der Waals surface area contributed by atoms with Crippen LogP contribution in [0.25, 0.3) is 0 Å². The molecule has 1 heterocycles. The molecule has 1 aromatic heterocycles. The molecule has 0 unspecified atom stereocenters. The summed E-state index contributed by atoms with van der Waals surface area (Å²) in [6.07, 6.45) is 1.77. The second kappa shape index (κ2) is 6.39. The highest BCUT2D eigenvalue weighted by Crippen LogP contribution is 2.30. The van der Waals surface area contributed by atoms with Crippen LogP contribution in [0.4, 0.5) is 0 Å². The number of aryl methyl sites for hydroxylation is 1. The van der Waals surface area contributed by atoms with E-state index >= 15 is 0 Å². The molecule has 0 saturated carbocycles. The van der Waals surface area contributed by atoms with Crippen molar-refractivity contribution >= 4 is 0 Å². The lowest BCUT2D eigenvalue weighted by molar-refractivity contribution is 0.279. The van der Waals surface area contributed by atoms with Crippen molar-refractivity contribution in [3.8, 4) is 11.5 Å². The van der Waals surface area contributed by atoms with E-state index in [4.69, 9.17) is 15.2 Å². The number of hydrogen-bond donors (Lipinski definition) is 1. The third-order valence-corrected chi connectivity index (χ3v) is 3.20. The quantitative estimate of drug-likeness (QED) is 0.909. The fraction of sp³-hybridized carbons (Fsp3) is 0.312. The Kier molecular flexibility index (Phi) is 4.58. The Balaban J connectivity index is 2.15. The van der Waals surface area contributed by atoms with Crippen LogP contribution in [0.1, 0.15) is 29.8 Å². The summed E-state index contributed by atoms with van der Waals surface area (Å²) in [4.78, 5) is 4.31. The number of nitrogens with two attached hydrogens (primary N) is 1. The van der Waals surface area contributed by atoms with E-state index < -0.39 is 0 Å². The zero-order valence-electron chi connectivity index (χ0n) is 12.1. The Bertz CT molecular complexity index is 582. The Morgan fingerprint density at radius 1 is 1.25 bits per heavy atom. The van der Waals surface area contributed by atoms with Crippen LogP contribution in [0.5, 0.6) is 11.5 Å². The van der Waals surface area contributed by atoms with Crippen LogP contribution in [0.15, 0.2) is 36.5 Å². The SMILES string of the molecule is COc1cc([C@H](C)N)ccc1OCc1ncccc1C. The number of benzene rings is 1. The van der Waals surface area contributed by atoms with Crippen LogP contribution in [-0.4, -0.2) is 12.1 Å². The van der Waals surface area contributed by atoms with Crippen LogP contribution in [-0.2, 0) is 6.61 Å². The number of aromatic nitrogens is 1. The number of ether oxygens (including phenoxy) is 2. The Morgan fingerprint density at radius 3 is 2.70 bits per heavy atom. The van der Waals surface area contributed by atoms with Crippen LogP contribution < -0.4 is 15.2 Å². The van der Waals surface area contributed by atoms with Crippen molar-refractivity contribution in [2.45, 2.75) is 26.5 Å². The summed E-state index contributed by atoms with van der Waals surface area (Å²) in [6, 6.07) is 9.64. The summed E-state index contributed by atoms with van der Waals surface area (Å²) in [7, 11) is 1.62. The molecule has 0 bridgehead atoms. The third kappa shape index (κ3) is 3.27. The molecule has 2 aromatic rings. The van der Waals surface area contributed by atoms with E-state index in [2.05, 4.69) is 4.98 Å². The van der Waals surface area contributed by atoms with Crippen molar-refractivity contribution in [2.24, 2.45) is 5.73 Å². The fourth-order valence-electron chi connectivity index (χ4n) is 1.90.